The van der Waals surface area contributed by atoms with Gasteiger partial charge in [0.2, 0.25) is 5.91 Å². The predicted octanol–water partition coefficient (Wildman–Crippen LogP) is 5.47. The molecule has 0 aromatic heterocycles. The van der Waals surface area contributed by atoms with Crippen molar-refractivity contribution < 1.29 is 23.8 Å². The number of anilines is 2. The number of thioether (sulfide) groups is 1. The number of nitrogens with one attached hydrogen (secondary N) is 2. The van der Waals surface area contributed by atoms with Crippen LogP contribution in [0.4, 0.5) is 11.4 Å². The van der Waals surface area contributed by atoms with Gasteiger partial charge in [0.25, 0.3) is 5.91 Å². The Morgan fingerprint density at radius 1 is 0.882 bits per heavy atom. The lowest BCUT2D eigenvalue weighted by Crippen LogP contribution is -2.22. The summed E-state index contributed by atoms with van der Waals surface area (Å²) in [5, 5.41) is 5.45. The Labute approximate surface area is 203 Å². The van der Waals surface area contributed by atoms with Gasteiger partial charge in [-0.25, -0.2) is 0 Å². The fraction of sp³-hybridized carbons (Fsp3) is 0.231. The molecule has 0 saturated heterocycles. The van der Waals surface area contributed by atoms with Gasteiger partial charge in [-0.15, -0.1) is 11.8 Å². The molecule has 178 valence electrons. The lowest BCUT2D eigenvalue weighted by molar-refractivity contribution is -0.115. The quantitative estimate of drug-likeness (QED) is 0.374. The number of ether oxygens (including phenoxy) is 3. The highest BCUT2D eigenvalue weighted by Crippen LogP contribution is 2.29. The maximum atomic E-state index is 12.7. The van der Waals surface area contributed by atoms with Crippen molar-refractivity contribution in [3.05, 3.63) is 72.3 Å². The average Bonchev–Trinajstić information content (AvgIpc) is 2.85. The third-order valence-corrected chi connectivity index (χ3v) is 5.95. The first-order chi connectivity index (χ1) is 16.4. The van der Waals surface area contributed by atoms with Crippen molar-refractivity contribution in [1.82, 2.24) is 0 Å². The number of hydrogen-bond donors (Lipinski definition) is 2. The summed E-state index contributed by atoms with van der Waals surface area (Å²) in [6, 6.07) is 19.6. The van der Waals surface area contributed by atoms with Crippen LogP contribution in [0.25, 0.3) is 0 Å². The average molecular weight is 481 g/mol. The van der Waals surface area contributed by atoms with Crippen LogP contribution in [-0.2, 0) is 4.79 Å². The second-order valence-electron chi connectivity index (χ2n) is 7.26. The van der Waals surface area contributed by atoms with Crippen LogP contribution in [0.2, 0.25) is 0 Å². The minimum Gasteiger partial charge on any atom is -0.494 e. The Bertz CT molecular complexity index is 1130. The van der Waals surface area contributed by atoms with Gasteiger partial charge in [0.1, 0.15) is 5.75 Å². The molecular formula is C26H28N2O5S. The molecule has 0 heterocycles. The summed E-state index contributed by atoms with van der Waals surface area (Å²) in [6.07, 6.45) is 0. The van der Waals surface area contributed by atoms with Crippen LogP contribution in [0, 0.1) is 0 Å². The van der Waals surface area contributed by atoms with Crippen molar-refractivity contribution in [3.63, 3.8) is 0 Å². The van der Waals surface area contributed by atoms with E-state index in [1.54, 1.807) is 31.4 Å². The Balaban J connectivity index is 1.61. The first-order valence-electron chi connectivity index (χ1n) is 10.8. The summed E-state index contributed by atoms with van der Waals surface area (Å²) < 4.78 is 15.9. The van der Waals surface area contributed by atoms with Crippen molar-refractivity contribution >= 4 is 35.0 Å². The summed E-state index contributed by atoms with van der Waals surface area (Å²) >= 11 is 1.41. The molecule has 3 rings (SSSR count). The van der Waals surface area contributed by atoms with Crippen LogP contribution in [-0.4, -0.2) is 37.9 Å². The number of hydrogen-bond acceptors (Lipinski definition) is 6. The fourth-order valence-electron chi connectivity index (χ4n) is 3.13. The minimum atomic E-state index is -0.344. The summed E-state index contributed by atoms with van der Waals surface area (Å²) in [6.45, 7) is 4.35. The largest absolute Gasteiger partial charge is 0.494 e. The van der Waals surface area contributed by atoms with Gasteiger partial charge in [0.05, 0.1) is 26.1 Å². The highest BCUT2D eigenvalue weighted by atomic mass is 32.2. The maximum Gasteiger partial charge on any atom is 0.255 e. The van der Waals surface area contributed by atoms with Gasteiger partial charge < -0.3 is 24.8 Å². The molecule has 0 radical (unpaired) electrons. The number of methoxy groups -OCH3 is 2. The molecule has 3 aromatic carbocycles. The Hall–Kier alpha value is -3.65. The molecule has 0 fully saturated rings. The van der Waals surface area contributed by atoms with Crippen molar-refractivity contribution in [2.75, 3.05) is 31.5 Å². The lowest BCUT2D eigenvalue weighted by Gasteiger charge is -2.14. The second kappa shape index (κ2) is 12.0. The van der Waals surface area contributed by atoms with E-state index in [1.165, 1.54) is 18.9 Å². The molecule has 34 heavy (non-hydrogen) atoms. The van der Waals surface area contributed by atoms with E-state index < -0.39 is 0 Å². The monoisotopic (exact) mass is 480 g/mol. The fourth-order valence-corrected chi connectivity index (χ4v) is 4.06. The molecule has 2 amide bonds. The molecule has 0 aliphatic heterocycles. The molecule has 0 aliphatic carbocycles. The topological polar surface area (TPSA) is 85.9 Å². The van der Waals surface area contributed by atoms with Gasteiger partial charge in [-0.2, -0.15) is 0 Å². The minimum absolute atomic E-state index is 0.117. The van der Waals surface area contributed by atoms with Gasteiger partial charge >= 0.3 is 0 Å². The van der Waals surface area contributed by atoms with Crippen molar-refractivity contribution in [3.8, 4) is 17.2 Å². The molecule has 0 aliphatic rings. The zero-order valence-electron chi connectivity index (χ0n) is 19.6. The first-order valence-corrected chi connectivity index (χ1v) is 11.6. The lowest BCUT2D eigenvalue weighted by atomic mass is 10.2. The molecule has 1 unspecified atom stereocenters. The van der Waals surface area contributed by atoms with Crippen molar-refractivity contribution in [2.45, 2.75) is 24.0 Å². The normalized spacial score (nSPS) is 11.3. The molecule has 8 heteroatoms. The standard InChI is InChI=1S/C26H28N2O5S/c1-5-33-21-12-10-19(11-13-21)27-25(29)17(2)34-22-8-6-7-20(16-22)28-26(30)18-9-14-23(31-3)24(15-18)32-4/h6-17H,5H2,1-4H3,(H,27,29)(H,28,30). The van der Waals surface area contributed by atoms with Crippen LogP contribution in [0.1, 0.15) is 24.2 Å². The maximum absolute atomic E-state index is 12.7. The molecule has 7 nitrogen and oxygen atoms in total. The van der Waals surface area contributed by atoms with E-state index in [1.807, 2.05) is 56.3 Å². The van der Waals surface area contributed by atoms with Gasteiger partial charge in [0.15, 0.2) is 11.5 Å². The third-order valence-electron chi connectivity index (χ3n) is 4.85. The van der Waals surface area contributed by atoms with Gasteiger partial charge in [-0.05, 0) is 74.5 Å². The SMILES string of the molecule is CCOc1ccc(NC(=O)C(C)Sc2cccc(NC(=O)c3ccc(OC)c(OC)c3)c2)cc1. The van der Waals surface area contributed by atoms with E-state index in [-0.39, 0.29) is 17.1 Å². The summed E-state index contributed by atoms with van der Waals surface area (Å²) in [5.74, 6) is 1.40. The van der Waals surface area contributed by atoms with E-state index >= 15 is 0 Å². The molecule has 2 N–H and O–H groups in total. The number of carbonyl (C=O) groups excluding carboxylic acids is 2. The van der Waals surface area contributed by atoms with E-state index in [0.29, 0.717) is 35.0 Å². The number of rotatable bonds is 10. The van der Waals surface area contributed by atoms with Crippen LogP contribution >= 0.6 is 11.8 Å². The summed E-state index contributed by atoms with van der Waals surface area (Å²) in [7, 11) is 3.06. The predicted molar refractivity (Wildman–Crippen MR) is 136 cm³/mol. The third kappa shape index (κ3) is 6.68. The number of benzene rings is 3. The number of carbonyl (C=O) groups is 2. The zero-order chi connectivity index (χ0) is 24.5. The smallest absolute Gasteiger partial charge is 0.255 e. The second-order valence-corrected chi connectivity index (χ2v) is 8.67. The first kappa shape index (κ1) is 25.0. The van der Waals surface area contributed by atoms with Crippen molar-refractivity contribution in [2.24, 2.45) is 0 Å². The zero-order valence-corrected chi connectivity index (χ0v) is 20.4. The molecule has 0 bridgehead atoms. The van der Waals surface area contributed by atoms with Crippen LogP contribution in [0.5, 0.6) is 17.2 Å². The highest BCUT2D eigenvalue weighted by Gasteiger charge is 2.16. The van der Waals surface area contributed by atoms with Gasteiger partial charge in [-0.1, -0.05) is 6.07 Å². The summed E-state index contributed by atoms with van der Waals surface area (Å²) in [5.41, 5.74) is 1.78. The van der Waals surface area contributed by atoms with Crippen LogP contribution in [0.3, 0.4) is 0 Å². The van der Waals surface area contributed by atoms with Gasteiger partial charge in [-0.3, -0.25) is 9.59 Å². The Morgan fingerprint density at radius 3 is 2.29 bits per heavy atom. The van der Waals surface area contributed by atoms with E-state index in [0.717, 1.165) is 10.6 Å². The van der Waals surface area contributed by atoms with E-state index in [4.69, 9.17) is 14.2 Å². The molecule has 0 saturated carbocycles. The molecule has 1 atom stereocenters. The molecule has 0 spiro atoms. The van der Waals surface area contributed by atoms with Crippen molar-refractivity contribution in [1.29, 1.82) is 0 Å². The Morgan fingerprint density at radius 2 is 1.62 bits per heavy atom. The molecule has 3 aromatic rings. The Kier molecular flexibility index (Phi) is 8.81. The van der Waals surface area contributed by atoms with E-state index in [2.05, 4.69) is 10.6 Å². The summed E-state index contributed by atoms with van der Waals surface area (Å²) in [4.78, 5) is 26.2. The van der Waals surface area contributed by atoms with Crippen LogP contribution < -0.4 is 24.8 Å². The molecular weight excluding hydrogens is 452 g/mol. The van der Waals surface area contributed by atoms with E-state index in [9.17, 15) is 9.59 Å². The number of amides is 2. The van der Waals surface area contributed by atoms with Gasteiger partial charge in [0, 0.05) is 21.8 Å². The van der Waals surface area contributed by atoms with Crippen LogP contribution in [0.15, 0.2) is 71.6 Å². The highest BCUT2D eigenvalue weighted by molar-refractivity contribution is 8.00.